The number of rotatable bonds is 4. The maximum Gasteiger partial charge on any atom is 0.186 e. The molecule has 0 bridgehead atoms. The molecule has 5 heteroatoms. The number of halogens is 1. The number of nitrogens with one attached hydrogen (secondary N) is 1. The SMILES string of the molecule is CC/C=C/CNc1nsnc1Cl. The van der Waals surface area contributed by atoms with Crippen molar-refractivity contribution in [2.24, 2.45) is 0 Å². The highest BCUT2D eigenvalue weighted by Gasteiger charge is 2.01. The molecule has 1 aromatic heterocycles. The zero-order chi connectivity index (χ0) is 8.81. The van der Waals surface area contributed by atoms with Gasteiger partial charge in [0, 0.05) is 6.54 Å². The van der Waals surface area contributed by atoms with Gasteiger partial charge in [0.1, 0.15) is 0 Å². The fourth-order valence-corrected chi connectivity index (χ4v) is 1.37. The molecule has 0 unspecified atom stereocenters. The zero-order valence-electron chi connectivity index (χ0n) is 6.75. The molecule has 1 rings (SSSR count). The van der Waals surface area contributed by atoms with Crippen molar-refractivity contribution in [1.82, 2.24) is 8.75 Å². The fourth-order valence-electron chi connectivity index (χ4n) is 0.689. The number of nitrogens with zero attached hydrogens (tertiary/aromatic N) is 2. The fraction of sp³-hybridized carbons (Fsp3) is 0.429. The van der Waals surface area contributed by atoms with Crippen LogP contribution in [0.3, 0.4) is 0 Å². The van der Waals surface area contributed by atoms with Crippen molar-refractivity contribution in [3.8, 4) is 0 Å². The monoisotopic (exact) mass is 203 g/mol. The van der Waals surface area contributed by atoms with Crippen LogP contribution < -0.4 is 5.32 Å². The smallest absolute Gasteiger partial charge is 0.186 e. The first kappa shape index (κ1) is 9.48. The van der Waals surface area contributed by atoms with E-state index in [2.05, 4.69) is 27.1 Å². The Balaban J connectivity index is 2.33. The summed E-state index contributed by atoms with van der Waals surface area (Å²) in [6.45, 7) is 2.84. The Morgan fingerprint density at radius 2 is 2.33 bits per heavy atom. The van der Waals surface area contributed by atoms with E-state index in [9.17, 15) is 0 Å². The van der Waals surface area contributed by atoms with Gasteiger partial charge in [-0.1, -0.05) is 30.7 Å². The van der Waals surface area contributed by atoms with Gasteiger partial charge < -0.3 is 5.32 Å². The normalized spacial score (nSPS) is 10.8. The van der Waals surface area contributed by atoms with Crippen LogP contribution in [0.25, 0.3) is 0 Å². The van der Waals surface area contributed by atoms with Crippen molar-refractivity contribution in [3.05, 3.63) is 17.3 Å². The van der Waals surface area contributed by atoms with E-state index in [1.807, 2.05) is 6.08 Å². The lowest BCUT2D eigenvalue weighted by atomic mass is 10.4. The lowest BCUT2D eigenvalue weighted by molar-refractivity contribution is 1.19. The second-order valence-corrected chi connectivity index (χ2v) is 3.05. The van der Waals surface area contributed by atoms with Crippen LogP contribution in [0.1, 0.15) is 13.3 Å². The molecule has 0 fully saturated rings. The Morgan fingerprint density at radius 1 is 1.50 bits per heavy atom. The van der Waals surface area contributed by atoms with Crippen LogP contribution in [-0.2, 0) is 0 Å². The van der Waals surface area contributed by atoms with Crippen LogP contribution in [0, 0.1) is 0 Å². The van der Waals surface area contributed by atoms with Crippen LogP contribution in [0.5, 0.6) is 0 Å². The van der Waals surface area contributed by atoms with E-state index in [1.54, 1.807) is 0 Å². The van der Waals surface area contributed by atoms with Crippen LogP contribution >= 0.6 is 23.3 Å². The van der Waals surface area contributed by atoms with Gasteiger partial charge in [0.15, 0.2) is 11.0 Å². The van der Waals surface area contributed by atoms with E-state index in [0.717, 1.165) is 24.7 Å². The number of hydrogen-bond donors (Lipinski definition) is 1. The molecule has 1 aromatic rings. The first-order chi connectivity index (χ1) is 5.84. The van der Waals surface area contributed by atoms with E-state index in [0.29, 0.717) is 11.0 Å². The minimum atomic E-state index is 0.449. The molecule has 12 heavy (non-hydrogen) atoms. The van der Waals surface area contributed by atoms with Crippen molar-refractivity contribution in [1.29, 1.82) is 0 Å². The summed E-state index contributed by atoms with van der Waals surface area (Å²) >= 11 is 6.81. The quantitative estimate of drug-likeness (QED) is 0.765. The van der Waals surface area contributed by atoms with Crippen molar-refractivity contribution in [2.75, 3.05) is 11.9 Å². The van der Waals surface area contributed by atoms with Gasteiger partial charge in [-0.05, 0) is 6.42 Å². The second-order valence-electron chi connectivity index (χ2n) is 2.16. The van der Waals surface area contributed by atoms with Gasteiger partial charge in [-0.3, -0.25) is 0 Å². The average molecular weight is 204 g/mol. The van der Waals surface area contributed by atoms with E-state index >= 15 is 0 Å². The van der Waals surface area contributed by atoms with Crippen molar-refractivity contribution >= 4 is 29.1 Å². The highest BCUT2D eigenvalue weighted by molar-refractivity contribution is 6.99. The molecule has 0 saturated carbocycles. The Kier molecular flexibility index (Phi) is 4.04. The molecule has 66 valence electrons. The lowest BCUT2D eigenvalue weighted by Crippen LogP contribution is -1.98. The number of allylic oxidation sites excluding steroid dienone is 1. The Labute approximate surface area is 80.8 Å². The van der Waals surface area contributed by atoms with Crippen LogP contribution in [0.2, 0.25) is 5.15 Å². The summed E-state index contributed by atoms with van der Waals surface area (Å²) in [5.41, 5.74) is 0. The van der Waals surface area contributed by atoms with Crippen molar-refractivity contribution < 1.29 is 0 Å². The third-order valence-electron chi connectivity index (χ3n) is 1.24. The van der Waals surface area contributed by atoms with Gasteiger partial charge >= 0.3 is 0 Å². The summed E-state index contributed by atoms with van der Waals surface area (Å²) in [6.07, 6.45) is 5.17. The standard InChI is InChI=1S/C7H10ClN3S/c1-2-3-4-5-9-7-6(8)10-12-11-7/h3-4H,2,5H2,1H3,(H,9,11)/b4-3+. The molecule has 0 aliphatic carbocycles. The van der Waals surface area contributed by atoms with E-state index in [4.69, 9.17) is 11.6 Å². The van der Waals surface area contributed by atoms with Gasteiger partial charge in [-0.15, -0.1) is 0 Å². The van der Waals surface area contributed by atoms with Gasteiger partial charge in [0.25, 0.3) is 0 Å². The zero-order valence-corrected chi connectivity index (χ0v) is 8.32. The van der Waals surface area contributed by atoms with Crippen LogP contribution in [-0.4, -0.2) is 15.3 Å². The molecule has 1 heterocycles. The first-order valence-corrected chi connectivity index (χ1v) is 4.82. The molecule has 0 atom stereocenters. The predicted octanol–water partition coefficient (Wildman–Crippen LogP) is 2.57. The van der Waals surface area contributed by atoms with E-state index in [1.165, 1.54) is 0 Å². The molecular formula is C7H10ClN3S. The van der Waals surface area contributed by atoms with Gasteiger partial charge in [-0.2, -0.15) is 8.75 Å². The first-order valence-electron chi connectivity index (χ1n) is 3.71. The predicted molar refractivity (Wildman–Crippen MR) is 52.8 cm³/mol. The summed E-state index contributed by atoms with van der Waals surface area (Å²) in [6, 6.07) is 0. The Bertz CT molecular complexity index is 259. The Hall–Kier alpha value is -0.610. The van der Waals surface area contributed by atoms with E-state index < -0.39 is 0 Å². The molecule has 0 aromatic carbocycles. The van der Waals surface area contributed by atoms with Crippen LogP contribution in [0.15, 0.2) is 12.2 Å². The van der Waals surface area contributed by atoms with Crippen molar-refractivity contribution in [3.63, 3.8) is 0 Å². The molecule has 0 aliphatic rings. The molecule has 0 aliphatic heterocycles. The molecule has 0 amide bonds. The number of anilines is 1. The summed E-state index contributed by atoms with van der Waals surface area (Å²) in [5.74, 6) is 0.669. The summed E-state index contributed by atoms with van der Waals surface area (Å²) in [5, 5.41) is 3.49. The van der Waals surface area contributed by atoms with Crippen LogP contribution in [0.4, 0.5) is 5.82 Å². The minimum absolute atomic E-state index is 0.449. The summed E-state index contributed by atoms with van der Waals surface area (Å²) in [7, 11) is 0. The number of aromatic nitrogens is 2. The summed E-state index contributed by atoms with van der Waals surface area (Å²) in [4.78, 5) is 0. The van der Waals surface area contributed by atoms with Gasteiger partial charge in [-0.25, -0.2) is 0 Å². The average Bonchev–Trinajstić information content (AvgIpc) is 2.46. The highest BCUT2D eigenvalue weighted by atomic mass is 35.5. The molecule has 0 saturated heterocycles. The second kappa shape index (κ2) is 5.11. The highest BCUT2D eigenvalue weighted by Crippen LogP contribution is 2.16. The number of hydrogen-bond acceptors (Lipinski definition) is 4. The Morgan fingerprint density at radius 3 is 2.92 bits per heavy atom. The molecule has 0 spiro atoms. The van der Waals surface area contributed by atoms with Crippen molar-refractivity contribution in [2.45, 2.75) is 13.3 Å². The molecule has 3 nitrogen and oxygen atoms in total. The van der Waals surface area contributed by atoms with E-state index in [-0.39, 0.29) is 0 Å². The minimum Gasteiger partial charge on any atom is -0.363 e. The third kappa shape index (κ3) is 2.79. The third-order valence-corrected chi connectivity index (χ3v) is 2.13. The topological polar surface area (TPSA) is 37.8 Å². The largest absolute Gasteiger partial charge is 0.363 e. The van der Waals surface area contributed by atoms with Gasteiger partial charge in [0.05, 0.1) is 11.7 Å². The summed E-state index contributed by atoms with van der Waals surface area (Å²) < 4.78 is 7.79. The maximum atomic E-state index is 5.70. The maximum absolute atomic E-state index is 5.70. The lowest BCUT2D eigenvalue weighted by Gasteiger charge is -1.95. The van der Waals surface area contributed by atoms with Gasteiger partial charge in [0.2, 0.25) is 0 Å². The molecular weight excluding hydrogens is 194 g/mol. The molecule has 0 radical (unpaired) electrons. The molecule has 1 N–H and O–H groups in total.